The Kier molecular flexibility index (Phi) is 17.9. The molecule has 0 saturated carbocycles. The number of aryl methyl sites for hydroxylation is 1. The number of rotatable bonds is 6. The van der Waals surface area contributed by atoms with Crippen LogP contribution in [0.25, 0.3) is 0 Å². The van der Waals surface area contributed by atoms with Gasteiger partial charge < -0.3 is 10.6 Å². The summed E-state index contributed by atoms with van der Waals surface area (Å²) in [6, 6.07) is 10.7. The fraction of sp³-hybridized carbons (Fsp3) is 0.571. The molecule has 1 amide bonds. The lowest BCUT2D eigenvalue weighted by atomic mass is 10.1. The molecule has 136 valence electrons. The van der Waals surface area contributed by atoms with Gasteiger partial charge in [-0.3, -0.25) is 4.79 Å². The Morgan fingerprint density at radius 3 is 2.08 bits per heavy atom. The highest BCUT2D eigenvalue weighted by Gasteiger charge is 1.98. The Morgan fingerprint density at radius 2 is 1.67 bits per heavy atom. The highest BCUT2D eigenvalue weighted by atomic mass is 16.1. The summed E-state index contributed by atoms with van der Waals surface area (Å²) < 4.78 is 0. The summed E-state index contributed by atoms with van der Waals surface area (Å²) in [6.07, 6.45) is 8.23. The summed E-state index contributed by atoms with van der Waals surface area (Å²) in [4.78, 5) is 10.7. The number of benzene rings is 1. The Balaban J connectivity index is 0. The van der Waals surface area contributed by atoms with Crippen molar-refractivity contribution in [3.05, 3.63) is 35.9 Å². The normalized spacial score (nSPS) is 9.29. The van der Waals surface area contributed by atoms with Crippen molar-refractivity contribution in [3.63, 3.8) is 0 Å². The number of carbonyl (C=O) groups excluding carboxylic acids is 1. The lowest BCUT2D eigenvalue weighted by molar-refractivity contribution is -0.120. The first-order valence-electron chi connectivity index (χ1n) is 8.74. The summed E-state index contributed by atoms with van der Waals surface area (Å²) in [5.74, 6) is 3.52. The van der Waals surface area contributed by atoms with Gasteiger partial charge in [0.05, 0.1) is 6.54 Å². The van der Waals surface area contributed by atoms with Crippen molar-refractivity contribution >= 4 is 5.91 Å². The van der Waals surface area contributed by atoms with E-state index >= 15 is 0 Å². The van der Waals surface area contributed by atoms with Crippen LogP contribution in [0.3, 0.4) is 0 Å². The van der Waals surface area contributed by atoms with E-state index in [1.165, 1.54) is 5.56 Å². The van der Waals surface area contributed by atoms with E-state index in [1.807, 2.05) is 19.9 Å². The first-order valence-corrected chi connectivity index (χ1v) is 8.74. The minimum absolute atomic E-state index is 0.0486. The molecule has 0 heterocycles. The van der Waals surface area contributed by atoms with Crippen LogP contribution in [0, 0.1) is 18.3 Å². The fourth-order valence-corrected chi connectivity index (χ4v) is 1.57. The Labute approximate surface area is 149 Å². The van der Waals surface area contributed by atoms with Crippen LogP contribution in [0.2, 0.25) is 0 Å². The van der Waals surface area contributed by atoms with E-state index in [9.17, 15) is 4.79 Å². The minimum Gasteiger partial charge on any atom is -0.353 e. The van der Waals surface area contributed by atoms with Crippen LogP contribution in [0.15, 0.2) is 30.3 Å². The summed E-state index contributed by atoms with van der Waals surface area (Å²) >= 11 is 0. The molecule has 0 aliphatic rings. The van der Waals surface area contributed by atoms with Gasteiger partial charge in [0.2, 0.25) is 5.91 Å². The molecular formula is C21H36N2O. The van der Waals surface area contributed by atoms with E-state index in [1.54, 1.807) is 7.05 Å². The van der Waals surface area contributed by atoms with E-state index in [-0.39, 0.29) is 11.9 Å². The topological polar surface area (TPSA) is 41.1 Å². The van der Waals surface area contributed by atoms with E-state index in [0.717, 1.165) is 25.2 Å². The number of hydrogen-bond donors (Lipinski definition) is 2. The molecule has 2 N–H and O–H groups in total. The van der Waals surface area contributed by atoms with Crippen molar-refractivity contribution in [3.8, 4) is 12.3 Å². The second kappa shape index (κ2) is 17.6. The van der Waals surface area contributed by atoms with Gasteiger partial charge in [0.15, 0.2) is 0 Å². The zero-order valence-corrected chi connectivity index (χ0v) is 16.4. The van der Waals surface area contributed by atoms with Crippen LogP contribution in [0.1, 0.15) is 53.0 Å². The van der Waals surface area contributed by atoms with Gasteiger partial charge >= 0.3 is 0 Å². The van der Waals surface area contributed by atoms with Crippen molar-refractivity contribution in [1.82, 2.24) is 10.6 Å². The van der Waals surface area contributed by atoms with Crippen LogP contribution < -0.4 is 10.6 Å². The van der Waals surface area contributed by atoms with Crippen LogP contribution in [-0.2, 0) is 11.2 Å². The number of hydrogen-bond acceptors (Lipinski definition) is 2. The minimum atomic E-state index is 0.0486. The SMILES string of the molecule is C#CCCCc1ccccc1.CC(C)C.CNCC(=O)NC(C)C. The second-order valence-electron chi connectivity index (χ2n) is 6.53. The predicted octanol–water partition coefficient (Wildman–Crippen LogP) is 4.04. The molecule has 0 unspecified atom stereocenters. The number of terminal acetylenes is 1. The largest absolute Gasteiger partial charge is 0.353 e. The van der Waals surface area contributed by atoms with E-state index in [4.69, 9.17) is 6.42 Å². The van der Waals surface area contributed by atoms with Crippen molar-refractivity contribution in [2.45, 2.75) is 59.9 Å². The van der Waals surface area contributed by atoms with Crippen molar-refractivity contribution in [1.29, 1.82) is 0 Å². The molecule has 3 nitrogen and oxygen atoms in total. The highest BCUT2D eigenvalue weighted by Crippen LogP contribution is 2.03. The molecule has 0 spiro atoms. The molecule has 0 fully saturated rings. The summed E-state index contributed by atoms with van der Waals surface area (Å²) in [6.45, 7) is 10.8. The number of likely N-dealkylation sites (N-methyl/N-ethyl adjacent to an activating group) is 1. The average Bonchev–Trinajstić information content (AvgIpc) is 2.48. The molecule has 3 heteroatoms. The maximum Gasteiger partial charge on any atom is 0.234 e. The fourth-order valence-electron chi connectivity index (χ4n) is 1.57. The van der Waals surface area contributed by atoms with Crippen LogP contribution in [0.5, 0.6) is 0 Å². The van der Waals surface area contributed by atoms with Gasteiger partial charge in [-0.15, -0.1) is 12.3 Å². The zero-order chi connectivity index (χ0) is 18.8. The van der Waals surface area contributed by atoms with Gasteiger partial charge in [0.1, 0.15) is 0 Å². The molecule has 0 atom stereocenters. The van der Waals surface area contributed by atoms with E-state index in [2.05, 4.69) is 61.6 Å². The highest BCUT2D eigenvalue weighted by molar-refractivity contribution is 5.78. The van der Waals surface area contributed by atoms with Gasteiger partial charge in [-0.1, -0.05) is 51.1 Å². The average molecular weight is 333 g/mol. The molecule has 0 aromatic heterocycles. The quantitative estimate of drug-likeness (QED) is 0.610. The zero-order valence-electron chi connectivity index (χ0n) is 16.4. The first kappa shape index (κ1) is 24.5. The molecule has 24 heavy (non-hydrogen) atoms. The third-order valence-electron chi connectivity index (χ3n) is 2.42. The molecule has 0 radical (unpaired) electrons. The molecule has 1 rings (SSSR count). The number of carbonyl (C=O) groups is 1. The molecule has 1 aromatic carbocycles. The summed E-state index contributed by atoms with van der Waals surface area (Å²) in [5.41, 5.74) is 1.38. The predicted molar refractivity (Wildman–Crippen MR) is 106 cm³/mol. The Morgan fingerprint density at radius 1 is 1.12 bits per heavy atom. The second-order valence-corrected chi connectivity index (χ2v) is 6.53. The molecular weight excluding hydrogens is 296 g/mol. The van der Waals surface area contributed by atoms with Gasteiger partial charge in [0.25, 0.3) is 0 Å². The van der Waals surface area contributed by atoms with Crippen molar-refractivity contribution in [2.24, 2.45) is 5.92 Å². The lowest BCUT2D eigenvalue weighted by Crippen LogP contribution is -2.36. The van der Waals surface area contributed by atoms with Gasteiger partial charge in [-0.05, 0) is 45.2 Å². The van der Waals surface area contributed by atoms with Gasteiger partial charge in [-0.2, -0.15) is 0 Å². The molecule has 1 aromatic rings. The van der Waals surface area contributed by atoms with E-state index < -0.39 is 0 Å². The Hall–Kier alpha value is -1.79. The van der Waals surface area contributed by atoms with Crippen LogP contribution in [0.4, 0.5) is 0 Å². The first-order chi connectivity index (χ1) is 11.3. The Bertz CT molecular complexity index is 430. The van der Waals surface area contributed by atoms with Crippen molar-refractivity contribution < 1.29 is 4.79 Å². The lowest BCUT2D eigenvalue weighted by Gasteiger charge is -2.06. The summed E-state index contributed by atoms with van der Waals surface area (Å²) in [7, 11) is 1.75. The van der Waals surface area contributed by atoms with Crippen LogP contribution in [-0.4, -0.2) is 25.5 Å². The molecule has 0 aliphatic heterocycles. The van der Waals surface area contributed by atoms with Crippen molar-refractivity contribution in [2.75, 3.05) is 13.6 Å². The third-order valence-corrected chi connectivity index (χ3v) is 2.42. The number of unbranched alkanes of at least 4 members (excludes halogenated alkanes) is 1. The number of amides is 1. The van der Waals surface area contributed by atoms with E-state index in [0.29, 0.717) is 6.54 Å². The molecule has 0 bridgehead atoms. The molecule has 0 saturated heterocycles. The van der Waals surface area contributed by atoms with Crippen LogP contribution >= 0.6 is 0 Å². The third kappa shape index (κ3) is 22.5. The smallest absolute Gasteiger partial charge is 0.234 e. The monoisotopic (exact) mass is 332 g/mol. The number of nitrogens with one attached hydrogen (secondary N) is 2. The van der Waals surface area contributed by atoms with Gasteiger partial charge in [0, 0.05) is 12.5 Å². The summed E-state index contributed by atoms with van der Waals surface area (Å²) in [5, 5.41) is 5.50. The maximum absolute atomic E-state index is 10.7. The molecule has 0 aliphatic carbocycles. The van der Waals surface area contributed by atoms with Gasteiger partial charge in [-0.25, -0.2) is 0 Å². The maximum atomic E-state index is 10.7. The standard InChI is InChI=1S/C11H12.C6H14N2O.C4H10/c1-2-3-5-8-11-9-6-4-7-10-11;1-5(2)8-6(9)4-7-3;1-4(2)3/h1,4,6-7,9-10H,3,5,8H2;5,7H,4H2,1-3H3,(H,8,9);4H,1-3H3.